The predicted molar refractivity (Wildman–Crippen MR) is 94.1 cm³/mol. The van der Waals surface area contributed by atoms with E-state index in [1.165, 1.54) is 6.26 Å². The summed E-state index contributed by atoms with van der Waals surface area (Å²) in [6.45, 7) is 0.546. The highest BCUT2D eigenvalue weighted by Gasteiger charge is 2.20. The number of phenolic OH excluding ortho intramolecular Hbond substituents is 1. The number of ether oxygens (including phenoxy) is 1. The van der Waals surface area contributed by atoms with Crippen molar-refractivity contribution in [2.75, 3.05) is 6.54 Å². The van der Waals surface area contributed by atoms with E-state index in [1.54, 1.807) is 24.5 Å². The van der Waals surface area contributed by atoms with Gasteiger partial charge in [-0.1, -0.05) is 41.9 Å². The van der Waals surface area contributed by atoms with Gasteiger partial charge in [-0.05, 0) is 17.7 Å². The number of rotatable bonds is 5. The molecule has 0 radical (unpaired) electrons. The van der Waals surface area contributed by atoms with Gasteiger partial charge < -0.3 is 19.5 Å². The molecule has 2 aromatic rings. The number of hydrogen-bond acceptors (Lipinski definition) is 4. The monoisotopic (exact) mass is 341 g/mol. The van der Waals surface area contributed by atoms with Gasteiger partial charge in [-0.3, -0.25) is 0 Å². The largest absolute Gasteiger partial charge is 0.507 e. The highest BCUT2D eigenvalue weighted by molar-refractivity contribution is 6.33. The Kier molecular flexibility index (Phi) is 4.87. The van der Waals surface area contributed by atoms with Crippen LogP contribution in [0, 0.1) is 0 Å². The number of carbonyl (C=O) groups is 1. The van der Waals surface area contributed by atoms with Crippen LogP contribution in [0.1, 0.15) is 12.0 Å². The highest BCUT2D eigenvalue weighted by Crippen LogP contribution is 2.41. The maximum absolute atomic E-state index is 10.6. The van der Waals surface area contributed by atoms with Crippen molar-refractivity contribution < 1.29 is 14.6 Å². The minimum Gasteiger partial charge on any atom is -0.507 e. The maximum atomic E-state index is 10.6. The molecule has 0 saturated heterocycles. The molecule has 0 unspecified atom stereocenters. The van der Waals surface area contributed by atoms with Crippen molar-refractivity contribution >= 4 is 23.6 Å². The van der Waals surface area contributed by atoms with E-state index >= 15 is 0 Å². The number of nitrogens with zero attached hydrogens (tertiary/aromatic N) is 1. The van der Waals surface area contributed by atoms with Gasteiger partial charge in [-0.25, -0.2) is 0 Å². The molecule has 0 fully saturated rings. The van der Waals surface area contributed by atoms with Crippen LogP contribution in [-0.4, -0.2) is 22.8 Å². The number of phenols is 1. The van der Waals surface area contributed by atoms with Crippen molar-refractivity contribution in [2.24, 2.45) is 0 Å². The number of halogens is 1. The van der Waals surface area contributed by atoms with Crippen LogP contribution in [0.3, 0.4) is 0 Å². The van der Waals surface area contributed by atoms with Crippen LogP contribution in [0.4, 0.5) is 0 Å². The van der Waals surface area contributed by atoms with Gasteiger partial charge >= 0.3 is 0 Å². The highest BCUT2D eigenvalue weighted by atomic mass is 35.5. The number of benzene rings is 2. The second kappa shape index (κ2) is 7.23. The fraction of sp³-hybridized carbons (Fsp3) is 0.105. The van der Waals surface area contributed by atoms with Gasteiger partial charge in [0.15, 0.2) is 5.76 Å². The molecule has 1 aliphatic heterocycles. The van der Waals surface area contributed by atoms with E-state index in [0.29, 0.717) is 34.9 Å². The summed E-state index contributed by atoms with van der Waals surface area (Å²) in [4.78, 5) is 12.4. The van der Waals surface area contributed by atoms with Crippen molar-refractivity contribution in [1.29, 1.82) is 0 Å². The average Bonchev–Trinajstić information content (AvgIpc) is 2.62. The lowest BCUT2D eigenvalue weighted by molar-refractivity contribution is -0.107. The van der Waals surface area contributed by atoms with E-state index in [2.05, 4.69) is 0 Å². The first-order valence-corrected chi connectivity index (χ1v) is 7.90. The molecule has 24 heavy (non-hydrogen) atoms. The van der Waals surface area contributed by atoms with Gasteiger partial charge in [0.25, 0.3) is 0 Å². The molecule has 1 heterocycles. The van der Waals surface area contributed by atoms with Crippen LogP contribution in [0.15, 0.2) is 61.1 Å². The van der Waals surface area contributed by atoms with Crippen molar-refractivity contribution in [1.82, 2.24) is 4.90 Å². The van der Waals surface area contributed by atoms with Crippen LogP contribution in [0.5, 0.6) is 5.75 Å². The van der Waals surface area contributed by atoms with E-state index < -0.39 is 0 Å². The Hall–Kier alpha value is -2.72. The number of hydrogen-bond donors (Lipinski definition) is 1. The molecule has 0 saturated carbocycles. The third kappa shape index (κ3) is 3.29. The first kappa shape index (κ1) is 16.1. The molecule has 0 atom stereocenters. The van der Waals surface area contributed by atoms with Crippen LogP contribution in [-0.2, 0) is 9.53 Å². The lowest BCUT2D eigenvalue weighted by Crippen LogP contribution is -2.15. The van der Waals surface area contributed by atoms with Gasteiger partial charge in [0.05, 0.1) is 5.02 Å². The molecule has 122 valence electrons. The summed E-state index contributed by atoms with van der Waals surface area (Å²) in [5.41, 5.74) is 2.06. The molecule has 2 aromatic carbocycles. The normalized spacial score (nSPS) is 13.4. The lowest BCUT2D eigenvalue weighted by atomic mass is 9.97. The van der Waals surface area contributed by atoms with E-state index in [9.17, 15) is 9.90 Å². The average molecular weight is 342 g/mol. The molecule has 3 rings (SSSR count). The van der Waals surface area contributed by atoms with E-state index in [4.69, 9.17) is 16.3 Å². The quantitative estimate of drug-likeness (QED) is 0.819. The Bertz CT molecular complexity index is 800. The van der Waals surface area contributed by atoms with Crippen molar-refractivity contribution in [3.05, 3.63) is 71.7 Å². The SMILES string of the molecule is O=CCCN1C=COC(c2c(Cl)ccc(O)c2-c2ccccc2)=C1. The minimum absolute atomic E-state index is 0.124. The van der Waals surface area contributed by atoms with E-state index in [-0.39, 0.29) is 5.75 Å². The summed E-state index contributed by atoms with van der Waals surface area (Å²) >= 11 is 6.41. The zero-order chi connectivity index (χ0) is 16.9. The molecule has 1 N–H and O–H groups in total. The Morgan fingerprint density at radius 1 is 1.12 bits per heavy atom. The lowest BCUT2D eigenvalue weighted by Gasteiger charge is -2.23. The molecule has 0 aliphatic carbocycles. The number of carbonyl (C=O) groups excluding carboxylic acids is 1. The summed E-state index contributed by atoms with van der Waals surface area (Å²) in [7, 11) is 0. The Balaban J connectivity index is 2.09. The Morgan fingerprint density at radius 2 is 1.92 bits per heavy atom. The zero-order valence-electron chi connectivity index (χ0n) is 12.9. The number of aromatic hydroxyl groups is 1. The van der Waals surface area contributed by atoms with Crippen LogP contribution in [0.2, 0.25) is 5.02 Å². The van der Waals surface area contributed by atoms with E-state index in [0.717, 1.165) is 11.8 Å². The van der Waals surface area contributed by atoms with Crippen molar-refractivity contribution in [3.63, 3.8) is 0 Å². The van der Waals surface area contributed by atoms with Crippen molar-refractivity contribution in [3.8, 4) is 16.9 Å². The van der Waals surface area contributed by atoms with Crippen molar-refractivity contribution in [2.45, 2.75) is 6.42 Å². The first-order chi connectivity index (χ1) is 11.7. The van der Waals surface area contributed by atoms with Crippen LogP contribution in [0.25, 0.3) is 16.9 Å². The summed E-state index contributed by atoms with van der Waals surface area (Å²) in [5.74, 6) is 0.641. The van der Waals surface area contributed by atoms with Gasteiger partial charge in [0.1, 0.15) is 18.3 Å². The molecule has 0 amide bonds. The first-order valence-electron chi connectivity index (χ1n) is 7.52. The third-order valence-corrected chi connectivity index (χ3v) is 3.99. The summed E-state index contributed by atoms with van der Waals surface area (Å²) in [6, 6.07) is 12.7. The molecular weight excluding hydrogens is 326 g/mol. The Morgan fingerprint density at radius 3 is 2.67 bits per heavy atom. The molecular formula is C19H16ClNO3. The second-order valence-corrected chi connectivity index (χ2v) is 5.68. The molecule has 5 heteroatoms. The molecule has 0 aromatic heterocycles. The third-order valence-electron chi connectivity index (χ3n) is 3.68. The van der Waals surface area contributed by atoms with Gasteiger partial charge in [0.2, 0.25) is 0 Å². The van der Waals surface area contributed by atoms with Gasteiger partial charge in [0, 0.05) is 36.5 Å². The molecule has 4 nitrogen and oxygen atoms in total. The smallest absolute Gasteiger partial charge is 0.152 e. The zero-order valence-corrected chi connectivity index (χ0v) is 13.6. The fourth-order valence-corrected chi connectivity index (χ4v) is 2.83. The second-order valence-electron chi connectivity index (χ2n) is 5.27. The summed E-state index contributed by atoms with van der Waals surface area (Å²) < 4.78 is 5.63. The van der Waals surface area contributed by atoms with E-state index in [1.807, 2.05) is 35.2 Å². The standard InChI is InChI=1S/C19H16ClNO3/c20-15-7-8-16(23)18(14-5-2-1-3-6-14)19(15)17-13-21(9-4-11-22)10-12-24-17/h1-3,5-8,10-13,23H,4,9H2. The van der Waals surface area contributed by atoms with Gasteiger partial charge in [-0.2, -0.15) is 0 Å². The van der Waals surface area contributed by atoms with Crippen LogP contribution >= 0.6 is 11.6 Å². The van der Waals surface area contributed by atoms with Gasteiger partial charge in [-0.15, -0.1) is 0 Å². The molecule has 1 aliphatic rings. The fourth-order valence-electron chi connectivity index (χ4n) is 2.57. The van der Waals surface area contributed by atoms with Crippen LogP contribution < -0.4 is 0 Å². The number of aldehydes is 1. The molecule has 0 spiro atoms. The summed E-state index contributed by atoms with van der Waals surface area (Å²) in [5, 5.41) is 10.9. The predicted octanol–water partition coefficient (Wildman–Crippen LogP) is 4.40. The minimum atomic E-state index is 0.124. The summed E-state index contributed by atoms with van der Waals surface area (Å²) in [6.07, 6.45) is 6.33. The maximum Gasteiger partial charge on any atom is 0.152 e. The molecule has 0 bridgehead atoms. The Labute approximate surface area is 145 Å². The topological polar surface area (TPSA) is 49.8 Å².